The fraction of sp³-hybridized carbons (Fsp3) is 0.316. The third-order valence-electron chi connectivity index (χ3n) is 4.15. The Kier molecular flexibility index (Phi) is 4.63. The smallest absolute Gasteiger partial charge is 0.119 e. The Hall–Kier alpha value is -2.33. The predicted molar refractivity (Wildman–Crippen MR) is 95.1 cm³/mol. The first-order chi connectivity index (χ1) is 11.2. The van der Waals surface area contributed by atoms with E-state index in [0.29, 0.717) is 13.2 Å². The highest BCUT2D eigenvalue weighted by Crippen LogP contribution is 2.36. The van der Waals surface area contributed by atoms with E-state index < -0.39 is 0 Å². The number of aryl methyl sites for hydroxylation is 1. The first-order valence-electron chi connectivity index (χ1n) is 8.07. The van der Waals surface area contributed by atoms with Crippen molar-refractivity contribution in [2.45, 2.75) is 26.3 Å². The molecule has 4 nitrogen and oxygen atoms in total. The van der Waals surface area contributed by atoms with E-state index in [4.69, 9.17) is 15.6 Å². The lowest BCUT2D eigenvalue weighted by molar-refractivity contribution is 0.340. The molecule has 0 spiro atoms. The molecule has 120 valence electrons. The van der Waals surface area contributed by atoms with E-state index in [-0.39, 0.29) is 6.04 Å². The van der Waals surface area contributed by atoms with Crippen LogP contribution < -0.4 is 15.5 Å². The van der Waals surface area contributed by atoms with Crippen molar-refractivity contribution in [2.75, 3.05) is 18.2 Å². The van der Waals surface area contributed by atoms with E-state index >= 15 is 0 Å². The number of benzene rings is 2. The van der Waals surface area contributed by atoms with Crippen LogP contribution in [-0.2, 0) is 0 Å². The minimum Gasteiger partial charge on any atom is -0.494 e. The Bertz CT molecular complexity index is 694. The molecule has 1 atom stereocenters. The van der Waals surface area contributed by atoms with Crippen LogP contribution in [-0.4, -0.2) is 18.9 Å². The number of nitrogens with two attached hydrogens (primary N) is 1. The van der Waals surface area contributed by atoms with Crippen molar-refractivity contribution in [3.63, 3.8) is 0 Å². The van der Waals surface area contributed by atoms with Gasteiger partial charge in [-0.3, -0.25) is 5.01 Å². The summed E-state index contributed by atoms with van der Waals surface area (Å²) in [7, 11) is 0. The lowest BCUT2D eigenvalue weighted by Gasteiger charge is -2.25. The summed E-state index contributed by atoms with van der Waals surface area (Å²) in [4.78, 5) is 0. The molecule has 0 bridgehead atoms. The Labute approximate surface area is 137 Å². The van der Waals surface area contributed by atoms with Crippen LogP contribution >= 0.6 is 0 Å². The summed E-state index contributed by atoms with van der Waals surface area (Å²) in [5.74, 6) is 0.900. The molecule has 3 rings (SSSR count). The second-order valence-electron chi connectivity index (χ2n) is 5.72. The highest BCUT2D eigenvalue weighted by Gasteiger charge is 2.29. The third kappa shape index (κ3) is 3.22. The number of ether oxygens (including phenoxy) is 1. The molecule has 0 saturated carbocycles. The zero-order chi connectivity index (χ0) is 16.2. The molecule has 23 heavy (non-hydrogen) atoms. The molecule has 1 heterocycles. The van der Waals surface area contributed by atoms with Crippen molar-refractivity contribution in [2.24, 2.45) is 10.8 Å². The summed E-state index contributed by atoms with van der Waals surface area (Å²) < 4.78 is 5.53. The molecule has 0 radical (unpaired) electrons. The molecule has 4 heteroatoms. The maximum Gasteiger partial charge on any atom is 0.119 e. The minimum atomic E-state index is 0.185. The molecule has 0 amide bonds. The number of rotatable bonds is 5. The van der Waals surface area contributed by atoms with Crippen molar-refractivity contribution in [3.8, 4) is 5.75 Å². The van der Waals surface area contributed by atoms with E-state index in [9.17, 15) is 0 Å². The van der Waals surface area contributed by atoms with Gasteiger partial charge in [0.2, 0.25) is 0 Å². The van der Waals surface area contributed by atoms with Crippen LogP contribution in [0.4, 0.5) is 5.69 Å². The molecule has 1 aliphatic heterocycles. The van der Waals surface area contributed by atoms with Crippen LogP contribution in [0.25, 0.3) is 0 Å². The van der Waals surface area contributed by atoms with E-state index in [1.54, 1.807) is 0 Å². The zero-order valence-electron chi connectivity index (χ0n) is 13.7. The standard InChI is InChI=1S/C19H23N3O/c1-3-23-17-10-8-15(9-11-17)19-12-16(13-20)21-22(19)18-7-5-4-6-14(18)2/h4-11,19H,3,12-13,20H2,1-2H3. The molecule has 2 N–H and O–H groups in total. The molecule has 0 aliphatic carbocycles. The third-order valence-corrected chi connectivity index (χ3v) is 4.15. The fourth-order valence-corrected chi connectivity index (χ4v) is 2.95. The molecule has 1 aliphatic rings. The Morgan fingerprint density at radius 3 is 2.57 bits per heavy atom. The van der Waals surface area contributed by atoms with Crippen LogP contribution in [0.5, 0.6) is 5.75 Å². The summed E-state index contributed by atoms with van der Waals surface area (Å²) >= 11 is 0. The van der Waals surface area contributed by atoms with Crippen molar-refractivity contribution >= 4 is 11.4 Å². The van der Waals surface area contributed by atoms with E-state index in [1.165, 1.54) is 11.1 Å². The normalized spacial score (nSPS) is 17.3. The van der Waals surface area contributed by atoms with Crippen molar-refractivity contribution < 1.29 is 4.74 Å². The number of hydrogen-bond donors (Lipinski definition) is 1. The van der Waals surface area contributed by atoms with Crippen molar-refractivity contribution in [1.82, 2.24) is 0 Å². The largest absolute Gasteiger partial charge is 0.494 e. The van der Waals surface area contributed by atoms with Gasteiger partial charge in [0.1, 0.15) is 5.75 Å². The zero-order valence-corrected chi connectivity index (χ0v) is 13.7. The quantitative estimate of drug-likeness (QED) is 0.917. The summed E-state index contributed by atoms with van der Waals surface area (Å²) in [5, 5.41) is 6.85. The van der Waals surface area contributed by atoms with Crippen LogP contribution in [0.1, 0.15) is 30.5 Å². The predicted octanol–water partition coefficient (Wildman–Crippen LogP) is 3.66. The average molecular weight is 309 g/mol. The topological polar surface area (TPSA) is 50.9 Å². The van der Waals surface area contributed by atoms with Gasteiger partial charge in [0, 0.05) is 13.0 Å². The lowest BCUT2D eigenvalue weighted by Crippen LogP contribution is -2.19. The minimum absolute atomic E-state index is 0.185. The highest BCUT2D eigenvalue weighted by molar-refractivity contribution is 5.90. The maximum atomic E-state index is 5.84. The van der Waals surface area contributed by atoms with Gasteiger partial charge < -0.3 is 10.5 Å². The summed E-state index contributed by atoms with van der Waals surface area (Å²) in [6.45, 7) is 5.28. The van der Waals surface area contributed by atoms with Crippen molar-refractivity contribution in [3.05, 3.63) is 59.7 Å². The average Bonchev–Trinajstić information content (AvgIpc) is 3.00. The Morgan fingerprint density at radius 2 is 1.91 bits per heavy atom. The van der Waals surface area contributed by atoms with E-state index in [2.05, 4.69) is 36.2 Å². The molecule has 1 unspecified atom stereocenters. The monoisotopic (exact) mass is 309 g/mol. The summed E-state index contributed by atoms with van der Waals surface area (Å²) in [6.07, 6.45) is 0.860. The van der Waals surface area contributed by atoms with Gasteiger partial charge in [0.15, 0.2) is 0 Å². The van der Waals surface area contributed by atoms with E-state index in [0.717, 1.165) is 23.6 Å². The van der Waals surface area contributed by atoms with Crippen molar-refractivity contribution in [1.29, 1.82) is 0 Å². The van der Waals surface area contributed by atoms with Crippen LogP contribution in [0.15, 0.2) is 53.6 Å². The summed E-state index contributed by atoms with van der Waals surface area (Å²) in [6, 6.07) is 16.8. The van der Waals surface area contributed by atoms with Crippen LogP contribution in [0.2, 0.25) is 0 Å². The highest BCUT2D eigenvalue weighted by atomic mass is 16.5. The van der Waals surface area contributed by atoms with Crippen LogP contribution in [0, 0.1) is 6.92 Å². The second-order valence-corrected chi connectivity index (χ2v) is 5.72. The van der Waals surface area contributed by atoms with E-state index in [1.807, 2.05) is 31.2 Å². The van der Waals surface area contributed by atoms with Gasteiger partial charge in [0.05, 0.1) is 24.0 Å². The van der Waals surface area contributed by atoms with Gasteiger partial charge >= 0.3 is 0 Å². The SMILES string of the molecule is CCOc1ccc(C2CC(CN)=NN2c2ccccc2C)cc1. The molecular weight excluding hydrogens is 286 g/mol. The van der Waals surface area contributed by atoms with Crippen LogP contribution in [0.3, 0.4) is 0 Å². The number of hydrazone groups is 1. The second kappa shape index (κ2) is 6.84. The lowest BCUT2D eigenvalue weighted by atomic mass is 10.0. The summed E-state index contributed by atoms with van der Waals surface area (Å²) in [5.41, 5.74) is 10.4. The number of hydrogen-bond acceptors (Lipinski definition) is 4. The van der Waals surface area contributed by atoms with Gasteiger partial charge in [0.25, 0.3) is 0 Å². The first kappa shape index (κ1) is 15.6. The fourth-order valence-electron chi connectivity index (χ4n) is 2.95. The van der Waals surface area contributed by atoms with Gasteiger partial charge in [-0.2, -0.15) is 5.10 Å². The van der Waals surface area contributed by atoms with Gasteiger partial charge in [-0.25, -0.2) is 0 Å². The maximum absolute atomic E-state index is 5.84. The number of nitrogens with zero attached hydrogens (tertiary/aromatic N) is 2. The number of anilines is 1. The molecular formula is C19H23N3O. The van der Waals surface area contributed by atoms with Gasteiger partial charge in [-0.15, -0.1) is 0 Å². The molecule has 0 saturated heterocycles. The molecule has 2 aromatic carbocycles. The first-order valence-corrected chi connectivity index (χ1v) is 8.07. The Morgan fingerprint density at radius 1 is 1.17 bits per heavy atom. The molecule has 2 aromatic rings. The van der Waals surface area contributed by atoms with Gasteiger partial charge in [-0.1, -0.05) is 30.3 Å². The van der Waals surface area contributed by atoms with Gasteiger partial charge in [-0.05, 0) is 43.2 Å². The Balaban J connectivity index is 1.92. The molecule has 0 aromatic heterocycles. The molecule has 0 fully saturated rings. The number of para-hydroxylation sites is 1.